The van der Waals surface area contributed by atoms with Crippen molar-refractivity contribution in [2.45, 2.75) is 13.3 Å². The van der Waals surface area contributed by atoms with Gasteiger partial charge >= 0.3 is 12.0 Å². The molecule has 12 nitrogen and oxygen atoms in total. The molecule has 1 aromatic carbocycles. The molecule has 2 aromatic heterocycles. The van der Waals surface area contributed by atoms with Crippen LogP contribution in [0, 0.1) is 5.82 Å². The Morgan fingerprint density at radius 1 is 1.33 bits per heavy atom. The molecule has 0 saturated carbocycles. The summed E-state index contributed by atoms with van der Waals surface area (Å²) in [5.74, 6) is -1.13. The van der Waals surface area contributed by atoms with E-state index in [0.29, 0.717) is 34.4 Å². The maximum atomic E-state index is 14.3. The normalized spacial score (nSPS) is 14.4. The van der Waals surface area contributed by atoms with Crippen LogP contribution in [-0.2, 0) is 14.3 Å². The number of ether oxygens (including phenoxy) is 1. The fourth-order valence-corrected chi connectivity index (χ4v) is 3.47. The van der Waals surface area contributed by atoms with E-state index >= 15 is 0 Å². The maximum absolute atomic E-state index is 14.3. The lowest BCUT2D eigenvalue weighted by Gasteiger charge is -2.12. The molecule has 0 aliphatic carbocycles. The zero-order valence-electron chi connectivity index (χ0n) is 19.0. The first kappa shape index (κ1) is 24.9. The van der Waals surface area contributed by atoms with E-state index in [4.69, 9.17) is 22.1 Å². The van der Waals surface area contributed by atoms with Gasteiger partial charge in [-0.05, 0) is 30.7 Å². The molecule has 0 unspecified atom stereocenters. The van der Waals surface area contributed by atoms with Crippen LogP contribution in [-0.4, -0.2) is 57.2 Å². The van der Waals surface area contributed by atoms with Crippen LogP contribution in [0.4, 0.5) is 26.5 Å². The average Bonchev–Trinajstić information content (AvgIpc) is 3.38. The van der Waals surface area contributed by atoms with Gasteiger partial charge in [0.15, 0.2) is 12.4 Å². The molecule has 0 bridgehead atoms. The summed E-state index contributed by atoms with van der Waals surface area (Å²) in [6, 6.07) is 4.99. The smallest absolute Gasteiger partial charge is 0.331 e. The van der Waals surface area contributed by atoms with Crippen molar-refractivity contribution in [2.75, 3.05) is 30.5 Å². The molecule has 36 heavy (non-hydrogen) atoms. The van der Waals surface area contributed by atoms with E-state index in [-0.39, 0.29) is 17.9 Å². The van der Waals surface area contributed by atoms with E-state index in [9.17, 15) is 18.8 Å². The van der Waals surface area contributed by atoms with Crippen molar-refractivity contribution in [2.24, 2.45) is 5.73 Å². The number of nitrogens with one attached hydrogen (secondary N) is 3. The van der Waals surface area contributed by atoms with Crippen molar-refractivity contribution in [3.63, 3.8) is 0 Å². The highest BCUT2D eigenvalue weighted by atomic mass is 35.5. The van der Waals surface area contributed by atoms with Gasteiger partial charge in [-0.1, -0.05) is 18.5 Å². The summed E-state index contributed by atoms with van der Waals surface area (Å²) in [5.41, 5.74) is 5.95. The molecule has 0 radical (unpaired) electrons. The van der Waals surface area contributed by atoms with Crippen molar-refractivity contribution >= 4 is 58.6 Å². The number of fused-ring (bicyclic) bond motifs is 1. The number of benzene rings is 1. The predicted octanol–water partition coefficient (Wildman–Crippen LogP) is 2.44. The zero-order valence-corrected chi connectivity index (χ0v) is 19.8. The molecule has 4 rings (SSSR count). The molecule has 1 fully saturated rings. The Hall–Kier alpha value is -4.23. The summed E-state index contributed by atoms with van der Waals surface area (Å²) in [4.78, 5) is 41.4. The van der Waals surface area contributed by atoms with Crippen LogP contribution < -0.4 is 21.7 Å². The number of nitrogens with zero attached hydrogens (tertiary/aromatic N) is 4. The number of imide groups is 1. The second kappa shape index (κ2) is 10.6. The molecule has 1 aliphatic heterocycles. The van der Waals surface area contributed by atoms with E-state index in [1.165, 1.54) is 35.0 Å². The topological polar surface area (TPSA) is 156 Å². The van der Waals surface area contributed by atoms with Crippen LogP contribution in [0.3, 0.4) is 0 Å². The minimum atomic E-state index is -0.761. The Kier molecular flexibility index (Phi) is 7.31. The van der Waals surface area contributed by atoms with Crippen LogP contribution in [0.25, 0.3) is 11.7 Å². The second-order valence-electron chi connectivity index (χ2n) is 7.61. The van der Waals surface area contributed by atoms with Gasteiger partial charge in [-0.25, -0.2) is 19.1 Å². The number of aromatic nitrogens is 3. The van der Waals surface area contributed by atoms with Crippen molar-refractivity contribution in [1.82, 2.24) is 24.8 Å². The van der Waals surface area contributed by atoms with Gasteiger partial charge in [-0.2, -0.15) is 9.61 Å². The van der Waals surface area contributed by atoms with E-state index in [1.54, 1.807) is 6.07 Å². The predicted molar refractivity (Wildman–Crippen MR) is 130 cm³/mol. The summed E-state index contributed by atoms with van der Waals surface area (Å²) in [6.07, 6.45) is 3.69. The number of hydrogen-bond acceptors (Lipinski definition) is 9. The highest BCUT2D eigenvalue weighted by Gasteiger charge is 2.34. The van der Waals surface area contributed by atoms with Crippen molar-refractivity contribution < 1.29 is 23.5 Å². The fourth-order valence-electron chi connectivity index (χ4n) is 3.30. The first-order chi connectivity index (χ1) is 17.3. The Morgan fingerprint density at radius 3 is 2.89 bits per heavy atom. The largest absolute Gasteiger partial charge is 0.443 e. The Morgan fingerprint density at radius 2 is 2.14 bits per heavy atom. The Labute approximate surface area is 209 Å². The highest BCUT2D eigenvalue weighted by Crippen LogP contribution is 2.26. The number of carbonyl (C=O) groups is 3. The van der Waals surface area contributed by atoms with Crippen LogP contribution in [0.5, 0.6) is 0 Å². The summed E-state index contributed by atoms with van der Waals surface area (Å²) in [7, 11) is 0. The molecule has 3 heterocycles. The van der Waals surface area contributed by atoms with Crippen molar-refractivity contribution in [1.29, 1.82) is 0 Å². The van der Waals surface area contributed by atoms with E-state index in [1.807, 2.05) is 6.92 Å². The van der Waals surface area contributed by atoms with Gasteiger partial charge in [0.2, 0.25) is 0 Å². The molecular formula is C22H22ClFN8O4. The fraction of sp³-hybridized carbons (Fsp3) is 0.227. The molecule has 0 spiro atoms. The number of carbonyl (C=O) groups excluding carboxylic acids is 3. The first-order valence-corrected chi connectivity index (χ1v) is 11.2. The number of esters is 1. The van der Waals surface area contributed by atoms with Gasteiger partial charge < -0.3 is 26.4 Å². The molecule has 188 valence electrons. The molecular weight excluding hydrogens is 495 g/mol. The summed E-state index contributed by atoms with van der Waals surface area (Å²) >= 11 is 6.00. The third-order valence-electron chi connectivity index (χ3n) is 5.03. The highest BCUT2D eigenvalue weighted by molar-refractivity contribution is 6.30. The SMILES string of the molecule is CCCNc1cc(Nc2cc(Cl)ccc2F)nc2c(C=C3NC(=O)N(COC(=O)CN)C3=O)cnn12. The molecule has 3 amide bonds. The third-order valence-corrected chi connectivity index (χ3v) is 5.26. The molecule has 5 N–H and O–H groups in total. The van der Waals surface area contributed by atoms with Crippen LogP contribution in [0.2, 0.25) is 5.02 Å². The lowest BCUT2D eigenvalue weighted by Crippen LogP contribution is -2.35. The molecule has 0 atom stereocenters. The maximum Gasteiger partial charge on any atom is 0.331 e. The number of anilines is 3. The number of hydrogen-bond donors (Lipinski definition) is 4. The Bertz CT molecular complexity index is 1380. The van der Waals surface area contributed by atoms with E-state index in [2.05, 4.69) is 26.0 Å². The van der Waals surface area contributed by atoms with E-state index in [0.717, 1.165) is 11.3 Å². The number of nitrogens with two attached hydrogens (primary N) is 1. The van der Waals surface area contributed by atoms with Crippen LogP contribution in [0.15, 0.2) is 36.2 Å². The van der Waals surface area contributed by atoms with Crippen LogP contribution in [0.1, 0.15) is 18.9 Å². The number of amides is 3. The van der Waals surface area contributed by atoms with Gasteiger partial charge in [0.1, 0.15) is 23.1 Å². The molecule has 1 saturated heterocycles. The molecule has 1 aliphatic rings. The summed E-state index contributed by atoms with van der Waals surface area (Å²) < 4.78 is 20.6. The van der Waals surface area contributed by atoms with Crippen molar-refractivity contribution in [3.8, 4) is 0 Å². The lowest BCUT2D eigenvalue weighted by atomic mass is 10.2. The van der Waals surface area contributed by atoms with Gasteiger partial charge in [-0.15, -0.1) is 0 Å². The number of halogens is 2. The molecule has 3 aromatic rings. The monoisotopic (exact) mass is 516 g/mol. The minimum Gasteiger partial charge on any atom is -0.443 e. The Balaban J connectivity index is 1.69. The van der Waals surface area contributed by atoms with Gasteiger partial charge in [0.25, 0.3) is 5.91 Å². The summed E-state index contributed by atoms with van der Waals surface area (Å²) in [6.45, 7) is 1.67. The van der Waals surface area contributed by atoms with Gasteiger partial charge in [0, 0.05) is 23.2 Å². The average molecular weight is 517 g/mol. The minimum absolute atomic E-state index is 0.0668. The second-order valence-corrected chi connectivity index (χ2v) is 8.05. The molecule has 14 heteroatoms. The zero-order chi connectivity index (χ0) is 25.8. The number of urea groups is 1. The van der Waals surface area contributed by atoms with Crippen molar-refractivity contribution in [3.05, 3.63) is 52.6 Å². The van der Waals surface area contributed by atoms with Crippen LogP contribution >= 0.6 is 11.6 Å². The van der Waals surface area contributed by atoms with Gasteiger partial charge in [-0.3, -0.25) is 9.59 Å². The third kappa shape index (κ3) is 5.21. The van der Waals surface area contributed by atoms with E-state index < -0.39 is 30.5 Å². The van der Waals surface area contributed by atoms with Gasteiger partial charge in [0.05, 0.1) is 18.4 Å². The number of rotatable bonds is 9. The lowest BCUT2D eigenvalue weighted by molar-refractivity contribution is -0.147. The first-order valence-electron chi connectivity index (χ1n) is 10.9. The summed E-state index contributed by atoms with van der Waals surface area (Å²) in [5, 5.41) is 13.2. The quantitative estimate of drug-likeness (QED) is 0.190. The standard InChI is InChI=1S/C22H22ClFN8O4/c1-2-5-26-18-8-17(28-15-7-13(23)3-4-14(15)24)30-20-12(10-27-32(18)20)6-16-21(34)31(22(35)29-16)11-36-19(33)9-25/h3-4,6-8,10,26H,2,5,9,11,25H2,1H3,(H,28,30)(H,29,35).